The summed E-state index contributed by atoms with van der Waals surface area (Å²) in [6.45, 7) is 1.54. The summed E-state index contributed by atoms with van der Waals surface area (Å²) in [5.41, 5.74) is 0. The van der Waals surface area contributed by atoms with Crippen molar-refractivity contribution in [1.82, 2.24) is 4.98 Å². The maximum Gasteiger partial charge on any atom is 0.209 e. The van der Waals surface area contributed by atoms with Crippen molar-refractivity contribution in [1.29, 1.82) is 0 Å². The molecule has 74 valence electrons. The number of hydrogen-bond acceptors (Lipinski definition) is 4. The number of aromatic nitrogens is 1. The third-order valence-electron chi connectivity index (χ3n) is 1.39. The van der Waals surface area contributed by atoms with E-state index in [9.17, 15) is 0 Å². The molecule has 1 heterocycles. The Bertz CT molecular complexity index is 239. The van der Waals surface area contributed by atoms with Crippen molar-refractivity contribution in [3.05, 3.63) is 17.8 Å². The number of rotatable bonds is 6. The summed E-state index contributed by atoms with van der Waals surface area (Å²) in [4.78, 5) is 3.92. The molecule has 4 nitrogen and oxygen atoms in total. The highest BCUT2D eigenvalue weighted by Crippen LogP contribution is 2.06. The lowest BCUT2D eigenvalue weighted by Crippen LogP contribution is -2.00. The van der Waals surface area contributed by atoms with E-state index in [0.29, 0.717) is 31.5 Å². The molecule has 0 atom stereocenters. The number of oxazole rings is 1. The number of alkyl halides is 1. The average molecular weight is 206 g/mol. The first-order valence-electron chi connectivity index (χ1n) is 3.93. The summed E-state index contributed by atoms with van der Waals surface area (Å²) in [5.74, 6) is 1.50. The van der Waals surface area contributed by atoms with Crippen LogP contribution in [0.5, 0.6) is 0 Å². The van der Waals surface area contributed by atoms with E-state index >= 15 is 0 Å². The Morgan fingerprint density at radius 1 is 1.54 bits per heavy atom. The average Bonchev–Trinajstić information content (AvgIpc) is 2.60. The molecule has 0 fully saturated rings. The quantitative estimate of drug-likeness (QED) is 0.523. The molecular weight excluding hydrogens is 194 g/mol. The van der Waals surface area contributed by atoms with E-state index in [2.05, 4.69) is 4.98 Å². The first-order chi connectivity index (χ1) is 6.36. The molecule has 0 N–H and O–H groups in total. The standard InChI is InChI=1S/C8H12ClNO3/c1-11-2-3-12-6-7-5-10-8(4-9)13-7/h5H,2-4,6H2,1H3. The molecule has 0 unspecified atom stereocenters. The molecule has 1 rings (SSSR count). The van der Waals surface area contributed by atoms with Gasteiger partial charge in [-0.3, -0.25) is 0 Å². The summed E-state index contributed by atoms with van der Waals surface area (Å²) in [6.07, 6.45) is 1.62. The zero-order chi connectivity index (χ0) is 9.52. The first-order valence-corrected chi connectivity index (χ1v) is 4.46. The van der Waals surface area contributed by atoms with Crippen molar-refractivity contribution in [3.8, 4) is 0 Å². The lowest BCUT2D eigenvalue weighted by Gasteiger charge is -1.99. The second-order valence-electron chi connectivity index (χ2n) is 2.40. The molecule has 1 aromatic heterocycles. The zero-order valence-corrected chi connectivity index (χ0v) is 8.21. The van der Waals surface area contributed by atoms with Gasteiger partial charge in [0.25, 0.3) is 0 Å². The maximum atomic E-state index is 5.51. The first kappa shape index (κ1) is 10.5. The maximum absolute atomic E-state index is 5.51. The number of halogens is 1. The molecule has 0 aliphatic carbocycles. The second kappa shape index (κ2) is 5.96. The van der Waals surface area contributed by atoms with Crippen LogP contribution in [-0.2, 0) is 22.0 Å². The highest BCUT2D eigenvalue weighted by atomic mass is 35.5. The van der Waals surface area contributed by atoms with Gasteiger partial charge >= 0.3 is 0 Å². The van der Waals surface area contributed by atoms with Gasteiger partial charge in [-0.2, -0.15) is 0 Å². The normalized spacial score (nSPS) is 10.6. The van der Waals surface area contributed by atoms with E-state index < -0.39 is 0 Å². The largest absolute Gasteiger partial charge is 0.442 e. The third-order valence-corrected chi connectivity index (χ3v) is 1.62. The molecule has 0 aromatic carbocycles. The molecule has 0 amide bonds. The van der Waals surface area contributed by atoms with E-state index in [1.807, 2.05) is 0 Å². The molecule has 0 radical (unpaired) electrons. The van der Waals surface area contributed by atoms with E-state index in [1.54, 1.807) is 13.3 Å². The summed E-state index contributed by atoms with van der Waals surface area (Å²) in [5, 5.41) is 0. The fourth-order valence-corrected chi connectivity index (χ4v) is 0.915. The van der Waals surface area contributed by atoms with Crippen LogP contribution in [0.1, 0.15) is 11.7 Å². The van der Waals surface area contributed by atoms with Crippen molar-refractivity contribution in [3.63, 3.8) is 0 Å². The predicted molar refractivity (Wildman–Crippen MR) is 47.6 cm³/mol. The smallest absolute Gasteiger partial charge is 0.209 e. The minimum atomic E-state index is 0.290. The molecule has 1 aromatic rings. The Labute approximate surface area is 81.8 Å². The molecular formula is C8H12ClNO3. The lowest BCUT2D eigenvalue weighted by atomic mass is 10.5. The van der Waals surface area contributed by atoms with Crippen molar-refractivity contribution < 1.29 is 13.9 Å². The number of nitrogens with zero attached hydrogens (tertiary/aromatic N) is 1. The van der Waals surface area contributed by atoms with Crippen LogP contribution < -0.4 is 0 Å². The Morgan fingerprint density at radius 3 is 3.00 bits per heavy atom. The van der Waals surface area contributed by atoms with Gasteiger partial charge in [0.2, 0.25) is 5.89 Å². The van der Waals surface area contributed by atoms with Gasteiger partial charge in [-0.15, -0.1) is 11.6 Å². The van der Waals surface area contributed by atoms with Crippen LogP contribution in [0.25, 0.3) is 0 Å². The highest BCUT2D eigenvalue weighted by Gasteiger charge is 2.01. The topological polar surface area (TPSA) is 44.5 Å². The summed E-state index contributed by atoms with van der Waals surface area (Å²) in [6, 6.07) is 0. The second-order valence-corrected chi connectivity index (χ2v) is 2.67. The molecule has 0 saturated heterocycles. The minimum absolute atomic E-state index is 0.290. The SMILES string of the molecule is COCCOCc1cnc(CCl)o1. The van der Waals surface area contributed by atoms with E-state index in [4.69, 9.17) is 25.5 Å². The molecule has 5 heteroatoms. The molecule has 0 saturated carbocycles. The van der Waals surface area contributed by atoms with Gasteiger partial charge in [0.1, 0.15) is 12.4 Å². The van der Waals surface area contributed by atoms with Crippen molar-refractivity contribution >= 4 is 11.6 Å². The molecule has 0 spiro atoms. The number of hydrogen-bond donors (Lipinski definition) is 0. The third kappa shape index (κ3) is 3.76. The zero-order valence-electron chi connectivity index (χ0n) is 7.46. The van der Waals surface area contributed by atoms with Crippen molar-refractivity contribution in [2.24, 2.45) is 0 Å². The lowest BCUT2D eigenvalue weighted by molar-refractivity contribution is 0.0535. The molecule has 0 bridgehead atoms. The van der Waals surface area contributed by atoms with Gasteiger partial charge in [0, 0.05) is 7.11 Å². The molecule has 0 aliphatic heterocycles. The van der Waals surface area contributed by atoms with Gasteiger partial charge in [0.05, 0.1) is 25.3 Å². The van der Waals surface area contributed by atoms with Crippen LogP contribution in [0.4, 0.5) is 0 Å². The minimum Gasteiger partial charge on any atom is -0.442 e. The van der Waals surface area contributed by atoms with Crippen LogP contribution in [0.15, 0.2) is 10.6 Å². The van der Waals surface area contributed by atoms with Crippen LogP contribution in [0.3, 0.4) is 0 Å². The Hall–Kier alpha value is -0.580. The van der Waals surface area contributed by atoms with Gasteiger partial charge < -0.3 is 13.9 Å². The van der Waals surface area contributed by atoms with Crippen molar-refractivity contribution in [2.45, 2.75) is 12.5 Å². The monoisotopic (exact) mass is 205 g/mol. The van der Waals surface area contributed by atoms with Crippen molar-refractivity contribution in [2.75, 3.05) is 20.3 Å². The Kier molecular flexibility index (Phi) is 4.82. The number of ether oxygens (including phenoxy) is 2. The molecule has 13 heavy (non-hydrogen) atoms. The van der Waals surface area contributed by atoms with Gasteiger partial charge in [0.15, 0.2) is 0 Å². The van der Waals surface area contributed by atoms with E-state index in [-0.39, 0.29) is 5.88 Å². The highest BCUT2D eigenvalue weighted by molar-refractivity contribution is 6.16. The fraction of sp³-hybridized carbons (Fsp3) is 0.625. The molecule has 0 aliphatic rings. The van der Waals surface area contributed by atoms with Gasteiger partial charge in [-0.1, -0.05) is 0 Å². The predicted octanol–water partition coefficient (Wildman–Crippen LogP) is 1.58. The number of methoxy groups -OCH3 is 1. The summed E-state index contributed by atoms with van der Waals surface area (Å²) in [7, 11) is 1.63. The van der Waals surface area contributed by atoms with E-state index in [1.165, 1.54) is 0 Å². The van der Waals surface area contributed by atoms with E-state index in [0.717, 1.165) is 0 Å². The summed E-state index contributed by atoms with van der Waals surface area (Å²) < 4.78 is 15.2. The van der Waals surface area contributed by atoms with Gasteiger partial charge in [-0.25, -0.2) is 4.98 Å². The summed E-state index contributed by atoms with van der Waals surface area (Å²) >= 11 is 5.51. The van der Waals surface area contributed by atoms with Crippen LogP contribution in [0.2, 0.25) is 0 Å². The van der Waals surface area contributed by atoms with Gasteiger partial charge in [-0.05, 0) is 0 Å². The Balaban J connectivity index is 2.20. The van der Waals surface area contributed by atoms with Crippen LogP contribution in [0, 0.1) is 0 Å². The van der Waals surface area contributed by atoms with Crippen LogP contribution >= 0.6 is 11.6 Å². The Morgan fingerprint density at radius 2 is 2.38 bits per heavy atom. The fourth-order valence-electron chi connectivity index (χ4n) is 0.792. The van der Waals surface area contributed by atoms with Crippen LogP contribution in [-0.4, -0.2) is 25.3 Å².